The fourth-order valence-corrected chi connectivity index (χ4v) is 0.521. The van der Waals surface area contributed by atoms with Crippen molar-refractivity contribution in [2.45, 2.75) is 6.92 Å². The van der Waals surface area contributed by atoms with Crippen LogP contribution in [0.4, 0.5) is 0 Å². The molecule has 0 unspecified atom stereocenters. The van der Waals surface area contributed by atoms with Crippen LogP contribution in [0.1, 0.15) is 6.92 Å². The van der Waals surface area contributed by atoms with Gasteiger partial charge in [-0.05, 0) is 19.2 Å². The Balaban J connectivity index is 3.06. The summed E-state index contributed by atoms with van der Waals surface area (Å²) >= 11 is 0. The van der Waals surface area contributed by atoms with Crippen molar-refractivity contribution in [1.29, 1.82) is 0 Å². The molecule has 11 heavy (non-hydrogen) atoms. The van der Waals surface area contributed by atoms with Gasteiger partial charge in [-0.25, -0.2) is 0 Å². The van der Waals surface area contributed by atoms with E-state index in [1.807, 2.05) is 31.4 Å². The number of carbonyl (C=O) groups is 1. The molecule has 0 radical (unpaired) electrons. The van der Waals surface area contributed by atoms with Crippen molar-refractivity contribution in [2.24, 2.45) is 0 Å². The van der Waals surface area contributed by atoms with Gasteiger partial charge in [-0.1, -0.05) is 12.2 Å². The van der Waals surface area contributed by atoms with E-state index in [1.54, 1.807) is 0 Å². The lowest BCUT2D eigenvalue weighted by molar-refractivity contribution is -0.109. The lowest BCUT2D eigenvalue weighted by Crippen LogP contribution is -2.22. The Morgan fingerprint density at radius 1 is 1.18 bits per heavy atom. The van der Waals surface area contributed by atoms with Crippen LogP contribution in [0, 0.1) is 0 Å². The van der Waals surface area contributed by atoms with Gasteiger partial charge < -0.3 is 10.6 Å². The van der Waals surface area contributed by atoms with Crippen LogP contribution in [0.3, 0.4) is 0 Å². The molecule has 2 N–H and O–H groups in total. The molecular formula is C8H14N2O. The van der Waals surface area contributed by atoms with Gasteiger partial charge in [0.1, 0.15) is 0 Å². The molecule has 0 bridgehead atoms. The molecule has 0 aliphatic carbocycles. The van der Waals surface area contributed by atoms with Gasteiger partial charge in [0.05, 0.1) is 0 Å². The maximum atomic E-state index is 9.77. The summed E-state index contributed by atoms with van der Waals surface area (Å²) in [5, 5.41) is 5.55. The van der Waals surface area contributed by atoms with Crippen LogP contribution < -0.4 is 10.6 Å². The third kappa shape index (κ3) is 8.75. The number of nitrogens with one attached hydrogen (secondary N) is 2. The molecule has 0 saturated heterocycles. The number of allylic oxidation sites excluding steroid dienone is 3. The third-order valence-corrected chi connectivity index (χ3v) is 1.01. The van der Waals surface area contributed by atoms with E-state index < -0.39 is 0 Å². The monoisotopic (exact) mass is 154 g/mol. The molecule has 0 aliphatic heterocycles. The third-order valence-electron chi connectivity index (χ3n) is 1.01. The summed E-state index contributed by atoms with van der Waals surface area (Å²) in [7, 11) is 0. The Morgan fingerprint density at radius 2 is 1.91 bits per heavy atom. The fraction of sp³-hybridized carbons (Fsp3) is 0.375. The summed E-state index contributed by atoms with van der Waals surface area (Å²) in [5.41, 5.74) is 0. The van der Waals surface area contributed by atoms with Crippen molar-refractivity contribution in [3.8, 4) is 0 Å². The minimum Gasteiger partial charge on any atom is -0.389 e. The van der Waals surface area contributed by atoms with Crippen molar-refractivity contribution >= 4 is 6.41 Å². The van der Waals surface area contributed by atoms with E-state index in [4.69, 9.17) is 0 Å². The molecule has 0 fully saturated rings. The van der Waals surface area contributed by atoms with Crippen molar-refractivity contribution in [3.63, 3.8) is 0 Å². The van der Waals surface area contributed by atoms with E-state index in [2.05, 4.69) is 10.6 Å². The molecule has 1 amide bonds. The van der Waals surface area contributed by atoms with Gasteiger partial charge in [0.2, 0.25) is 6.41 Å². The Morgan fingerprint density at radius 3 is 2.55 bits per heavy atom. The summed E-state index contributed by atoms with van der Waals surface area (Å²) in [4.78, 5) is 9.77. The standard InChI is InChI=1S/C8H14N2O/c1-2-3-4-5-9-6-7-10-8-11/h2-5,8-9H,6-7H2,1H3,(H,10,11). The second-order valence-corrected chi connectivity index (χ2v) is 1.91. The summed E-state index contributed by atoms with van der Waals surface area (Å²) in [6.45, 7) is 3.37. The van der Waals surface area contributed by atoms with E-state index in [9.17, 15) is 4.79 Å². The summed E-state index contributed by atoms with van der Waals surface area (Å²) < 4.78 is 0. The van der Waals surface area contributed by atoms with Crippen LogP contribution in [0.5, 0.6) is 0 Å². The average Bonchev–Trinajstić information content (AvgIpc) is 2.03. The van der Waals surface area contributed by atoms with E-state index in [0.717, 1.165) is 6.54 Å². The molecule has 0 spiro atoms. The summed E-state index contributed by atoms with van der Waals surface area (Å²) in [6, 6.07) is 0. The average molecular weight is 154 g/mol. The van der Waals surface area contributed by atoms with Crippen LogP contribution in [-0.2, 0) is 4.79 Å². The SMILES string of the molecule is CC=CC=CNCCNC=O. The van der Waals surface area contributed by atoms with Crippen LogP contribution in [0.2, 0.25) is 0 Å². The first kappa shape index (κ1) is 9.75. The van der Waals surface area contributed by atoms with Crippen LogP contribution >= 0.6 is 0 Å². The van der Waals surface area contributed by atoms with Gasteiger partial charge in [0, 0.05) is 13.1 Å². The van der Waals surface area contributed by atoms with Crippen molar-refractivity contribution < 1.29 is 4.79 Å². The van der Waals surface area contributed by atoms with Gasteiger partial charge >= 0.3 is 0 Å². The largest absolute Gasteiger partial charge is 0.389 e. The first-order valence-electron chi connectivity index (χ1n) is 3.60. The summed E-state index contributed by atoms with van der Waals surface area (Å²) in [5.74, 6) is 0. The minimum atomic E-state index is 0.656. The highest BCUT2D eigenvalue weighted by molar-refractivity contribution is 5.45. The second-order valence-electron chi connectivity index (χ2n) is 1.91. The highest BCUT2D eigenvalue weighted by atomic mass is 16.1. The zero-order valence-corrected chi connectivity index (χ0v) is 6.71. The van der Waals surface area contributed by atoms with Crippen LogP contribution in [0.15, 0.2) is 24.4 Å². The first-order chi connectivity index (χ1) is 5.41. The molecule has 0 aromatic carbocycles. The number of amides is 1. The van der Waals surface area contributed by atoms with Gasteiger partial charge in [-0.3, -0.25) is 4.79 Å². The van der Waals surface area contributed by atoms with Crippen LogP contribution in [-0.4, -0.2) is 19.5 Å². The van der Waals surface area contributed by atoms with E-state index >= 15 is 0 Å². The highest BCUT2D eigenvalue weighted by Crippen LogP contribution is 1.71. The first-order valence-corrected chi connectivity index (χ1v) is 3.60. The topological polar surface area (TPSA) is 41.1 Å². The molecule has 0 aliphatic rings. The number of rotatable bonds is 6. The molecule has 3 heteroatoms. The molecule has 62 valence electrons. The van der Waals surface area contributed by atoms with E-state index in [1.165, 1.54) is 0 Å². The molecular weight excluding hydrogens is 140 g/mol. The Kier molecular flexibility index (Phi) is 7.76. The predicted molar refractivity (Wildman–Crippen MR) is 46.0 cm³/mol. The van der Waals surface area contributed by atoms with E-state index in [0.29, 0.717) is 13.0 Å². The smallest absolute Gasteiger partial charge is 0.207 e. The molecule has 0 rings (SSSR count). The normalized spacial score (nSPS) is 10.6. The van der Waals surface area contributed by atoms with Crippen LogP contribution in [0.25, 0.3) is 0 Å². The molecule has 0 aromatic heterocycles. The van der Waals surface area contributed by atoms with Gasteiger partial charge in [0.15, 0.2) is 0 Å². The van der Waals surface area contributed by atoms with Crippen molar-refractivity contribution in [2.75, 3.05) is 13.1 Å². The number of hydrogen-bond donors (Lipinski definition) is 2. The number of hydrogen-bond acceptors (Lipinski definition) is 2. The Hall–Kier alpha value is -1.25. The lowest BCUT2D eigenvalue weighted by atomic mass is 10.5. The Labute approximate surface area is 67.2 Å². The Bertz CT molecular complexity index is 141. The zero-order chi connectivity index (χ0) is 8.36. The maximum absolute atomic E-state index is 9.77. The molecule has 0 heterocycles. The quantitative estimate of drug-likeness (QED) is 0.330. The fourth-order valence-electron chi connectivity index (χ4n) is 0.521. The minimum absolute atomic E-state index is 0.656. The zero-order valence-electron chi connectivity index (χ0n) is 6.71. The van der Waals surface area contributed by atoms with Crippen molar-refractivity contribution in [1.82, 2.24) is 10.6 Å². The van der Waals surface area contributed by atoms with E-state index in [-0.39, 0.29) is 0 Å². The predicted octanol–water partition coefficient (Wildman–Crippen LogP) is 0.412. The maximum Gasteiger partial charge on any atom is 0.207 e. The number of carbonyl (C=O) groups excluding carboxylic acids is 1. The van der Waals surface area contributed by atoms with Gasteiger partial charge in [0.25, 0.3) is 0 Å². The van der Waals surface area contributed by atoms with Gasteiger partial charge in [-0.15, -0.1) is 0 Å². The summed E-state index contributed by atoms with van der Waals surface area (Å²) in [6.07, 6.45) is 8.31. The lowest BCUT2D eigenvalue weighted by Gasteiger charge is -1.97. The second kappa shape index (κ2) is 8.75. The van der Waals surface area contributed by atoms with Crippen molar-refractivity contribution in [3.05, 3.63) is 24.4 Å². The molecule has 0 aromatic rings. The van der Waals surface area contributed by atoms with Gasteiger partial charge in [-0.2, -0.15) is 0 Å². The molecule has 3 nitrogen and oxygen atoms in total. The highest BCUT2D eigenvalue weighted by Gasteiger charge is 1.77. The molecule has 0 atom stereocenters. The molecule has 0 saturated carbocycles.